The minimum Gasteiger partial charge on any atom is -0.466 e. The maximum Gasteiger partial charge on any atom is 0.189 e. The molecule has 0 aliphatic carbocycles. The number of hydrogen-bond donors (Lipinski definition) is 0. The van der Waals surface area contributed by atoms with Crippen LogP contribution in [0.4, 0.5) is 0 Å². The summed E-state index contributed by atoms with van der Waals surface area (Å²) in [6.45, 7) is 4.36. The summed E-state index contributed by atoms with van der Waals surface area (Å²) in [6, 6.07) is 0. The molecule has 1 aliphatic rings. The number of benzene rings is 1. The Morgan fingerprint density at radius 3 is 2.73 bits per heavy atom. The molecule has 0 bridgehead atoms. The van der Waals surface area contributed by atoms with Crippen LogP contribution in [-0.2, 0) is 11.3 Å². The van der Waals surface area contributed by atoms with Gasteiger partial charge in [0.2, 0.25) is 0 Å². The highest BCUT2D eigenvalue weighted by atomic mass is 35.5. The van der Waals surface area contributed by atoms with Gasteiger partial charge in [0, 0.05) is 10.6 Å². The van der Waals surface area contributed by atoms with Crippen LogP contribution in [0.5, 0.6) is 5.75 Å². The second-order valence-corrected chi connectivity index (χ2v) is 3.89. The fraction of sp³-hybridized carbons (Fsp3) is 0.364. The van der Waals surface area contributed by atoms with E-state index in [2.05, 4.69) is 0 Å². The molecule has 15 heavy (non-hydrogen) atoms. The molecule has 4 heteroatoms. The van der Waals surface area contributed by atoms with E-state index in [-0.39, 0.29) is 6.79 Å². The number of fused-ring (bicyclic) bond motifs is 1. The van der Waals surface area contributed by atoms with Crippen molar-refractivity contribution in [1.29, 1.82) is 0 Å². The van der Waals surface area contributed by atoms with Crippen LogP contribution >= 0.6 is 11.6 Å². The van der Waals surface area contributed by atoms with Gasteiger partial charge in [0.05, 0.1) is 12.2 Å². The van der Waals surface area contributed by atoms with Gasteiger partial charge < -0.3 is 9.47 Å². The molecule has 0 unspecified atom stereocenters. The highest BCUT2D eigenvalue weighted by Gasteiger charge is 2.22. The van der Waals surface area contributed by atoms with Crippen LogP contribution in [0.15, 0.2) is 0 Å². The van der Waals surface area contributed by atoms with E-state index in [0.717, 1.165) is 23.0 Å². The zero-order valence-electron chi connectivity index (χ0n) is 8.59. The van der Waals surface area contributed by atoms with Crippen molar-refractivity contribution in [2.45, 2.75) is 20.5 Å². The molecule has 1 aliphatic heterocycles. The molecule has 0 amide bonds. The largest absolute Gasteiger partial charge is 0.466 e. The van der Waals surface area contributed by atoms with Crippen molar-refractivity contribution in [1.82, 2.24) is 0 Å². The monoisotopic (exact) mass is 226 g/mol. The van der Waals surface area contributed by atoms with Crippen LogP contribution in [-0.4, -0.2) is 13.1 Å². The smallest absolute Gasteiger partial charge is 0.189 e. The van der Waals surface area contributed by atoms with Crippen molar-refractivity contribution >= 4 is 17.9 Å². The van der Waals surface area contributed by atoms with Crippen molar-refractivity contribution in [2.24, 2.45) is 0 Å². The summed E-state index contributed by atoms with van der Waals surface area (Å²) in [5.74, 6) is 0.621. The Bertz CT molecular complexity index is 427. The molecule has 3 nitrogen and oxygen atoms in total. The number of rotatable bonds is 1. The number of ether oxygens (including phenoxy) is 2. The lowest BCUT2D eigenvalue weighted by molar-refractivity contribution is -0.0170. The zero-order chi connectivity index (χ0) is 11.0. The summed E-state index contributed by atoms with van der Waals surface area (Å²) < 4.78 is 10.5. The molecule has 0 spiro atoms. The third-order valence-electron chi connectivity index (χ3n) is 2.68. The normalized spacial score (nSPS) is 14.3. The van der Waals surface area contributed by atoms with Crippen molar-refractivity contribution in [2.75, 3.05) is 6.79 Å². The molecule has 80 valence electrons. The van der Waals surface area contributed by atoms with Gasteiger partial charge in [0.1, 0.15) is 5.75 Å². The fourth-order valence-electron chi connectivity index (χ4n) is 1.76. The molecule has 0 atom stereocenters. The lowest BCUT2D eigenvalue weighted by Gasteiger charge is -2.23. The summed E-state index contributed by atoms with van der Waals surface area (Å²) in [5, 5.41) is 0.616. The number of aldehydes is 1. The van der Waals surface area contributed by atoms with Gasteiger partial charge in [-0.3, -0.25) is 4.79 Å². The highest BCUT2D eigenvalue weighted by Crippen LogP contribution is 2.37. The molecular formula is C11H11ClO3. The highest BCUT2D eigenvalue weighted by molar-refractivity contribution is 6.32. The molecule has 0 fully saturated rings. The van der Waals surface area contributed by atoms with Crippen LogP contribution in [0.2, 0.25) is 5.02 Å². The van der Waals surface area contributed by atoms with Gasteiger partial charge in [-0.15, -0.1) is 0 Å². The average molecular weight is 227 g/mol. The maximum atomic E-state index is 11.0. The van der Waals surface area contributed by atoms with E-state index in [4.69, 9.17) is 21.1 Å². The van der Waals surface area contributed by atoms with Gasteiger partial charge in [0.15, 0.2) is 13.1 Å². The zero-order valence-corrected chi connectivity index (χ0v) is 9.35. The van der Waals surface area contributed by atoms with Crippen LogP contribution in [0.3, 0.4) is 0 Å². The Hall–Kier alpha value is -1.06. The van der Waals surface area contributed by atoms with E-state index < -0.39 is 0 Å². The molecule has 0 saturated heterocycles. The minimum atomic E-state index is 0.189. The van der Waals surface area contributed by atoms with E-state index in [1.165, 1.54) is 0 Å². The Balaban J connectivity index is 2.75. The van der Waals surface area contributed by atoms with E-state index in [9.17, 15) is 4.79 Å². The van der Waals surface area contributed by atoms with Gasteiger partial charge in [-0.2, -0.15) is 0 Å². The second kappa shape index (κ2) is 3.83. The van der Waals surface area contributed by atoms with Crippen molar-refractivity contribution in [3.63, 3.8) is 0 Å². The first-order valence-corrected chi connectivity index (χ1v) is 5.02. The van der Waals surface area contributed by atoms with E-state index in [1.54, 1.807) is 0 Å². The Morgan fingerprint density at radius 1 is 1.33 bits per heavy atom. The lowest BCUT2D eigenvalue weighted by atomic mass is 9.98. The molecule has 0 aromatic heterocycles. The fourth-order valence-corrected chi connectivity index (χ4v) is 1.98. The lowest BCUT2D eigenvalue weighted by Crippen LogP contribution is -2.15. The molecule has 1 aromatic carbocycles. The Labute approximate surface area is 92.9 Å². The third kappa shape index (κ3) is 1.52. The first kappa shape index (κ1) is 10.5. The number of hydrogen-bond acceptors (Lipinski definition) is 3. The predicted octanol–water partition coefficient (Wildman–Crippen LogP) is 2.64. The number of halogens is 1. The molecular weight excluding hydrogens is 216 g/mol. The van der Waals surface area contributed by atoms with E-state index >= 15 is 0 Å². The van der Waals surface area contributed by atoms with Crippen molar-refractivity contribution in [3.05, 3.63) is 27.3 Å². The molecule has 2 rings (SSSR count). The molecule has 1 heterocycles. The standard InChI is InChI=1S/C11H11ClO3/c1-6-8(3-13)11-9(4-14-5-15-11)7(2)10(6)12/h3H,4-5H2,1-2H3. The molecule has 0 radical (unpaired) electrons. The molecule has 0 saturated carbocycles. The summed E-state index contributed by atoms with van der Waals surface area (Å²) in [4.78, 5) is 11.0. The quantitative estimate of drug-likeness (QED) is 0.691. The van der Waals surface area contributed by atoms with Gasteiger partial charge in [-0.05, 0) is 25.0 Å². The van der Waals surface area contributed by atoms with Gasteiger partial charge in [-0.1, -0.05) is 11.6 Å². The predicted molar refractivity (Wildman–Crippen MR) is 56.6 cm³/mol. The van der Waals surface area contributed by atoms with Gasteiger partial charge >= 0.3 is 0 Å². The van der Waals surface area contributed by atoms with Crippen LogP contribution in [0.25, 0.3) is 0 Å². The van der Waals surface area contributed by atoms with Crippen molar-refractivity contribution < 1.29 is 14.3 Å². The van der Waals surface area contributed by atoms with Crippen LogP contribution in [0, 0.1) is 13.8 Å². The van der Waals surface area contributed by atoms with Crippen LogP contribution < -0.4 is 4.74 Å². The van der Waals surface area contributed by atoms with Gasteiger partial charge in [0.25, 0.3) is 0 Å². The number of carbonyl (C=O) groups is 1. The minimum absolute atomic E-state index is 0.189. The summed E-state index contributed by atoms with van der Waals surface area (Å²) >= 11 is 6.13. The third-order valence-corrected chi connectivity index (χ3v) is 3.25. The van der Waals surface area contributed by atoms with Gasteiger partial charge in [-0.25, -0.2) is 0 Å². The SMILES string of the molecule is Cc1c(Cl)c(C)c2c(c1C=O)OCOC2. The van der Waals surface area contributed by atoms with Crippen LogP contribution in [0.1, 0.15) is 27.0 Å². The van der Waals surface area contributed by atoms with E-state index in [1.807, 2.05) is 13.8 Å². The Kier molecular flexibility index (Phi) is 2.67. The summed E-state index contributed by atoms with van der Waals surface area (Å²) in [5.41, 5.74) is 3.10. The summed E-state index contributed by atoms with van der Waals surface area (Å²) in [6.07, 6.45) is 0.783. The first-order valence-electron chi connectivity index (χ1n) is 4.64. The van der Waals surface area contributed by atoms with Crippen molar-refractivity contribution in [3.8, 4) is 5.75 Å². The first-order chi connectivity index (χ1) is 7.16. The summed E-state index contributed by atoms with van der Waals surface area (Å²) in [7, 11) is 0. The maximum absolute atomic E-state index is 11.0. The average Bonchev–Trinajstić information content (AvgIpc) is 2.27. The number of carbonyl (C=O) groups excluding carboxylic acids is 1. The molecule has 1 aromatic rings. The molecule has 0 N–H and O–H groups in total. The topological polar surface area (TPSA) is 35.5 Å². The van der Waals surface area contributed by atoms with E-state index in [0.29, 0.717) is 22.9 Å². The second-order valence-electron chi connectivity index (χ2n) is 3.51. The Morgan fingerprint density at radius 2 is 2.07 bits per heavy atom.